The van der Waals surface area contributed by atoms with Gasteiger partial charge in [-0.3, -0.25) is 4.72 Å². The number of hydrogen-bond acceptors (Lipinski definition) is 4. The Hall–Kier alpha value is -2.05. The third-order valence-corrected chi connectivity index (χ3v) is 4.55. The van der Waals surface area contributed by atoms with Crippen molar-refractivity contribution in [2.24, 2.45) is 0 Å². The Labute approximate surface area is 136 Å². The van der Waals surface area contributed by atoms with Crippen LogP contribution in [0.4, 0.5) is 11.4 Å². The van der Waals surface area contributed by atoms with Gasteiger partial charge < -0.3 is 10.2 Å². The van der Waals surface area contributed by atoms with Crippen molar-refractivity contribution in [3.05, 3.63) is 54.6 Å². The van der Waals surface area contributed by atoms with Gasteiger partial charge in [0.05, 0.1) is 10.4 Å². The highest BCUT2D eigenvalue weighted by Crippen LogP contribution is 2.20. The van der Waals surface area contributed by atoms with Gasteiger partial charge in [0.2, 0.25) is 0 Å². The van der Waals surface area contributed by atoms with Crippen molar-refractivity contribution in [3.63, 3.8) is 0 Å². The van der Waals surface area contributed by atoms with Gasteiger partial charge in [-0.25, -0.2) is 8.42 Å². The number of anilines is 2. The van der Waals surface area contributed by atoms with Gasteiger partial charge in [0.25, 0.3) is 10.0 Å². The Morgan fingerprint density at radius 2 is 1.64 bits per heavy atom. The molecule has 1 fully saturated rings. The highest BCUT2D eigenvalue weighted by molar-refractivity contribution is 7.92. The van der Waals surface area contributed by atoms with Gasteiger partial charge in [-0.05, 0) is 36.4 Å². The molecule has 0 radical (unpaired) electrons. The zero-order valence-electron chi connectivity index (χ0n) is 15.8. The first-order valence-electron chi connectivity index (χ1n) is 8.81. The standard InChI is InChI=1S/C16H19N3O2S/c20-22(21,18-14-4-2-1-3-5-14)16-8-6-15(7-9-16)19-12-10-17-11-13-19/h1-9,17-18H,10-13H2/i12D2,13D2. The van der Waals surface area contributed by atoms with Crippen LogP contribution in [0.1, 0.15) is 5.48 Å². The molecule has 116 valence electrons. The van der Waals surface area contributed by atoms with E-state index in [1.165, 1.54) is 24.3 Å². The molecule has 1 saturated heterocycles. The summed E-state index contributed by atoms with van der Waals surface area (Å²) in [4.78, 5) is 1.05. The monoisotopic (exact) mass is 321 g/mol. The van der Waals surface area contributed by atoms with Gasteiger partial charge in [-0.2, -0.15) is 0 Å². The highest BCUT2D eigenvalue weighted by Gasteiger charge is 2.15. The molecule has 0 bridgehead atoms. The first kappa shape index (κ1) is 10.6. The number of sulfonamides is 1. The van der Waals surface area contributed by atoms with Gasteiger partial charge >= 0.3 is 0 Å². The SMILES string of the molecule is [2H]C1([2H])CNCC([2H])([2H])N1c1ccc(S(=O)(=O)Nc2ccccc2)cc1. The summed E-state index contributed by atoms with van der Waals surface area (Å²) < 4.78 is 59.6. The third-order valence-electron chi connectivity index (χ3n) is 3.16. The van der Waals surface area contributed by atoms with Crippen molar-refractivity contribution in [1.29, 1.82) is 0 Å². The minimum atomic E-state index is -3.79. The van der Waals surface area contributed by atoms with Crippen LogP contribution in [0.2, 0.25) is 0 Å². The Morgan fingerprint density at radius 1 is 1.00 bits per heavy atom. The summed E-state index contributed by atoms with van der Waals surface area (Å²) in [6, 6.07) is 14.0. The van der Waals surface area contributed by atoms with E-state index in [1.54, 1.807) is 30.3 Å². The number of hydrogen-bond donors (Lipinski definition) is 2. The second-order valence-electron chi connectivity index (χ2n) is 4.72. The third kappa shape index (κ3) is 3.40. The molecule has 0 atom stereocenters. The fourth-order valence-corrected chi connectivity index (χ4v) is 3.12. The van der Waals surface area contributed by atoms with Crippen molar-refractivity contribution in [3.8, 4) is 0 Å². The molecule has 0 saturated carbocycles. The summed E-state index contributed by atoms with van der Waals surface area (Å²) >= 11 is 0. The number of rotatable bonds is 4. The molecule has 22 heavy (non-hydrogen) atoms. The average Bonchev–Trinajstić information content (AvgIpc) is 2.54. The molecule has 2 aromatic rings. The maximum absolute atomic E-state index is 12.5. The van der Waals surface area contributed by atoms with E-state index in [4.69, 9.17) is 5.48 Å². The van der Waals surface area contributed by atoms with Gasteiger partial charge in [0.15, 0.2) is 0 Å². The lowest BCUT2D eigenvalue weighted by Crippen LogP contribution is -2.43. The summed E-state index contributed by atoms with van der Waals surface area (Å²) in [5, 5.41) is 2.73. The largest absolute Gasteiger partial charge is 0.369 e. The lowest BCUT2D eigenvalue weighted by molar-refractivity contribution is 0.589. The lowest BCUT2D eigenvalue weighted by Gasteiger charge is -2.29. The normalized spacial score (nSPS) is 22.8. The van der Waals surface area contributed by atoms with Crippen molar-refractivity contribution in [2.75, 3.05) is 35.7 Å². The Morgan fingerprint density at radius 3 is 2.27 bits per heavy atom. The van der Waals surface area contributed by atoms with Crippen molar-refractivity contribution in [2.45, 2.75) is 4.90 Å². The molecule has 0 amide bonds. The topological polar surface area (TPSA) is 61.4 Å². The maximum atomic E-state index is 12.5. The van der Waals surface area contributed by atoms with E-state index in [9.17, 15) is 8.42 Å². The smallest absolute Gasteiger partial charge is 0.261 e. The van der Waals surface area contributed by atoms with Crippen LogP contribution in [0.5, 0.6) is 0 Å². The Balaban J connectivity index is 1.88. The molecule has 0 aliphatic carbocycles. The van der Waals surface area contributed by atoms with Gasteiger partial charge in [-0.15, -0.1) is 0 Å². The van der Waals surface area contributed by atoms with Crippen molar-refractivity contribution < 1.29 is 13.9 Å². The molecule has 0 unspecified atom stereocenters. The van der Waals surface area contributed by atoms with Gasteiger partial charge in [0.1, 0.15) is 0 Å². The second-order valence-corrected chi connectivity index (χ2v) is 6.40. The number of nitrogens with one attached hydrogen (secondary N) is 2. The maximum Gasteiger partial charge on any atom is 0.261 e. The van der Waals surface area contributed by atoms with E-state index in [2.05, 4.69) is 10.0 Å². The molecule has 2 N–H and O–H groups in total. The molecule has 2 aromatic carbocycles. The van der Waals surface area contributed by atoms with E-state index in [1.807, 2.05) is 0 Å². The van der Waals surface area contributed by atoms with E-state index in [0.29, 0.717) is 5.69 Å². The zero-order valence-corrected chi connectivity index (χ0v) is 12.6. The second kappa shape index (κ2) is 6.37. The van der Waals surface area contributed by atoms with Crippen LogP contribution in [-0.4, -0.2) is 34.5 Å². The highest BCUT2D eigenvalue weighted by atomic mass is 32.2. The lowest BCUT2D eigenvalue weighted by atomic mass is 10.2. The Kier molecular flexibility index (Phi) is 3.08. The summed E-state index contributed by atoms with van der Waals surface area (Å²) in [5.41, 5.74) is 0.714. The molecule has 0 spiro atoms. The number of benzene rings is 2. The van der Waals surface area contributed by atoms with E-state index in [0.717, 1.165) is 4.90 Å². The molecule has 1 aliphatic rings. The minimum absolute atomic E-state index is 0.0151. The predicted octanol–water partition coefficient (Wildman–Crippen LogP) is 1.90. The fraction of sp³-hybridized carbons (Fsp3) is 0.250. The van der Waals surface area contributed by atoms with Crippen LogP contribution in [0.15, 0.2) is 59.5 Å². The van der Waals surface area contributed by atoms with E-state index < -0.39 is 23.0 Å². The molecule has 3 rings (SSSR count). The van der Waals surface area contributed by atoms with Crippen LogP contribution in [0.3, 0.4) is 0 Å². The van der Waals surface area contributed by atoms with Gasteiger partial charge in [0, 0.05) is 37.5 Å². The number of nitrogens with zero attached hydrogens (tertiary/aromatic N) is 1. The van der Waals surface area contributed by atoms with Crippen molar-refractivity contribution in [1.82, 2.24) is 5.32 Å². The molecule has 1 aliphatic heterocycles. The molecule has 5 nitrogen and oxygen atoms in total. The number of piperazine rings is 1. The van der Waals surface area contributed by atoms with Crippen LogP contribution in [-0.2, 0) is 10.0 Å². The van der Waals surface area contributed by atoms with Crippen LogP contribution in [0, 0.1) is 0 Å². The molecular weight excluding hydrogens is 298 g/mol. The fourth-order valence-electron chi connectivity index (χ4n) is 2.07. The molecule has 1 heterocycles. The first-order valence-corrected chi connectivity index (χ1v) is 8.29. The Bertz CT molecular complexity index is 858. The van der Waals surface area contributed by atoms with E-state index >= 15 is 0 Å². The predicted molar refractivity (Wildman–Crippen MR) is 88.8 cm³/mol. The summed E-state index contributed by atoms with van der Waals surface area (Å²) in [6.45, 7) is -3.93. The molecular formula is C16H19N3O2S. The van der Waals surface area contributed by atoms with Crippen molar-refractivity contribution >= 4 is 21.4 Å². The average molecular weight is 321 g/mol. The van der Waals surface area contributed by atoms with E-state index in [-0.39, 0.29) is 23.7 Å². The summed E-state index contributed by atoms with van der Waals surface area (Å²) in [6.07, 6.45) is 0. The van der Waals surface area contributed by atoms with Crippen LogP contribution >= 0.6 is 0 Å². The number of para-hydroxylation sites is 1. The summed E-state index contributed by atoms with van der Waals surface area (Å²) in [5.74, 6) is 0. The zero-order chi connectivity index (χ0) is 19.0. The first-order chi connectivity index (χ1) is 12.1. The minimum Gasteiger partial charge on any atom is -0.369 e. The van der Waals surface area contributed by atoms with Crippen LogP contribution in [0.25, 0.3) is 0 Å². The van der Waals surface area contributed by atoms with Gasteiger partial charge in [-0.1, -0.05) is 18.2 Å². The summed E-state index contributed by atoms with van der Waals surface area (Å²) in [7, 11) is -3.79. The van der Waals surface area contributed by atoms with Crippen LogP contribution < -0.4 is 14.9 Å². The molecule has 6 heteroatoms. The molecule has 0 aromatic heterocycles. The quantitative estimate of drug-likeness (QED) is 0.903.